The van der Waals surface area contributed by atoms with Crippen LogP contribution in [0, 0.1) is 11.8 Å². The van der Waals surface area contributed by atoms with Gasteiger partial charge < -0.3 is 4.98 Å². The Kier molecular flexibility index (Phi) is 1.80. The maximum absolute atomic E-state index is 10.9. The van der Waals surface area contributed by atoms with Crippen LogP contribution in [-0.4, -0.2) is 21.3 Å². The second-order valence-electron chi connectivity index (χ2n) is 2.05. The van der Waals surface area contributed by atoms with Gasteiger partial charge in [-0.3, -0.25) is 0 Å². The Morgan fingerprint density at radius 1 is 1.80 bits per heavy atom. The predicted molar refractivity (Wildman–Crippen MR) is 37.2 cm³/mol. The summed E-state index contributed by atoms with van der Waals surface area (Å²) in [4.78, 5) is 17.6. The molecule has 0 saturated carbocycles. The number of nitrogens with zero attached hydrogens (tertiary/aromatic N) is 2. The number of nitrogens with one attached hydrogen (secondary N) is 1. The Morgan fingerprint density at radius 2 is 2.50 bits per heavy atom. The van der Waals surface area contributed by atoms with E-state index in [0.717, 1.165) is 10.5 Å². The molecule has 1 rings (SSSR count). The van der Waals surface area contributed by atoms with E-state index in [4.69, 9.17) is 0 Å². The zero-order valence-electron chi connectivity index (χ0n) is 6.09. The van der Waals surface area contributed by atoms with E-state index in [-0.39, 0.29) is 0 Å². The van der Waals surface area contributed by atoms with Crippen molar-refractivity contribution in [3.8, 4) is 0 Å². The van der Waals surface area contributed by atoms with Crippen LogP contribution in [0.15, 0.2) is 6.33 Å². The van der Waals surface area contributed by atoms with Gasteiger partial charge in [-0.05, 0) is 23.6 Å². The van der Waals surface area contributed by atoms with E-state index in [0.29, 0.717) is 12.4 Å². The van der Waals surface area contributed by atoms with Gasteiger partial charge in [0.2, 0.25) is 6.33 Å². The first-order valence-corrected chi connectivity index (χ1v) is 3.20. The third-order valence-electron chi connectivity index (χ3n) is 1.33. The third-order valence-corrected chi connectivity index (χ3v) is 1.33. The molecular formula is C6H10N3O+. The van der Waals surface area contributed by atoms with Crippen LogP contribution in [0.3, 0.4) is 0 Å². The number of hydrogen-bond acceptors (Lipinski definition) is 2. The minimum absolute atomic E-state index is 0.436. The quantitative estimate of drug-likeness (QED) is 0.626. The normalized spacial score (nSPS) is 9.80. The molecule has 54 valence electrons. The number of aryl methyl sites for hydroxylation is 1. The van der Waals surface area contributed by atoms with E-state index in [1.807, 2.05) is 6.92 Å². The Morgan fingerprint density at radius 3 is 2.90 bits per heavy atom. The molecule has 0 fully saturated rings. The molecule has 1 N–H and O–H groups in total. The fourth-order valence-corrected chi connectivity index (χ4v) is 0.753. The van der Waals surface area contributed by atoms with Gasteiger partial charge >= 0.3 is 5.82 Å². The number of rotatable bonds is 2. The van der Waals surface area contributed by atoms with Crippen molar-refractivity contribution in [2.75, 3.05) is 6.54 Å². The van der Waals surface area contributed by atoms with Gasteiger partial charge in [-0.1, -0.05) is 4.91 Å². The number of aromatic amines is 1. The summed E-state index contributed by atoms with van der Waals surface area (Å²) in [5, 5.41) is 0. The van der Waals surface area contributed by atoms with Crippen LogP contribution in [0.1, 0.15) is 12.6 Å². The average Bonchev–Trinajstić information content (AvgIpc) is 2.34. The summed E-state index contributed by atoms with van der Waals surface area (Å²) in [6, 6.07) is 0. The van der Waals surface area contributed by atoms with Crippen LogP contribution in [0.25, 0.3) is 0 Å². The molecule has 0 saturated heterocycles. The molecule has 0 amide bonds. The first-order valence-electron chi connectivity index (χ1n) is 3.20. The van der Waals surface area contributed by atoms with Crippen LogP contribution < -0.4 is 0 Å². The summed E-state index contributed by atoms with van der Waals surface area (Å²) >= 11 is 0. The first-order chi connectivity index (χ1) is 4.75. The van der Waals surface area contributed by atoms with Crippen molar-refractivity contribution < 1.29 is 4.76 Å². The van der Waals surface area contributed by atoms with Crippen molar-refractivity contribution in [3.63, 3.8) is 0 Å². The summed E-state index contributed by atoms with van der Waals surface area (Å²) in [6.07, 6.45) is 1.52. The Hall–Kier alpha value is -1.19. The maximum atomic E-state index is 10.9. The minimum atomic E-state index is 0.436. The molecule has 0 aliphatic heterocycles. The molecule has 10 heavy (non-hydrogen) atoms. The van der Waals surface area contributed by atoms with Gasteiger partial charge in [-0.25, -0.2) is 0 Å². The highest BCUT2D eigenvalue weighted by molar-refractivity contribution is 5.22. The van der Waals surface area contributed by atoms with Crippen LogP contribution in [0.4, 0.5) is 5.82 Å². The third kappa shape index (κ3) is 1.05. The lowest BCUT2D eigenvalue weighted by molar-refractivity contribution is -0.463. The molecule has 1 aromatic heterocycles. The Labute approximate surface area is 58.9 Å². The highest BCUT2D eigenvalue weighted by Gasteiger charge is 2.15. The smallest absolute Gasteiger partial charge is 0.322 e. The monoisotopic (exact) mass is 140 g/mol. The van der Waals surface area contributed by atoms with Gasteiger partial charge in [-0.2, -0.15) is 0 Å². The second-order valence-corrected chi connectivity index (χ2v) is 2.05. The molecule has 0 aromatic carbocycles. The molecule has 4 heteroatoms. The van der Waals surface area contributed by atoms with Gasteiger partial charge in [0.15, 0.2) is 0 Å². The first kappa shape index (κ1) is 6.92. The fourth-order valence-electron chi connectivity index (χ4n) is 0.753. The highest BCUT2D eigenvalue weighted by atomic mass is 16.3. The number of H-pyrrole nitrogens is 1. The van der Waals surface area contributed by atoms with Crippen LogP contribution in [-0.2, 0) is 0 Å². The predicted octanol–water partition coefficient (Wildman–Crippen LogP) is 1.15. The van der Waals surface area contributed by atoms with Gasteiger partial charge in [-0.15, -0.1) is 0 Å². The van der Waals surface area contributed by atoms with E-state index >= 15 is 0 Å². The number of aromatic nitrogens is 2. The second kappa shape index (κ2) is 2.60. The molecule has 0 bridgehead atoms. The molecule has 1 aromatic rings. The zero-order valence-corrected chi connectivity index (χ0v) is 6.09. The van der Waals surface area contributed by atoms with Gasteiger partial charge in [0, 0.05) is 0 Å². The largest absolute Gasteiger partial charge is 0.381 e. The summed E-state index contributed by atoms with van der Waals surface area (Å²) < 4.78 is 0.853. The molecule has 0 atom stereocenters. The van der Waals surface area contributed by atoms with Gasteiger partial charge in [0.1, 0.15) is 12.2 Å². The topological polar surface area (TPSA) is 48.8 Å². The lowest BCUT2D eigenvalue weighted by atomic mass is 10.5. The van der Waals surface area contributed by atoms with Crippen LogP contribution in [0.5, 0.6) is 0 Å². The van der Waals surface area contributed by atoms with E-state index in [2.05, 4.69) is 9.97 Å². The average molecular weight is 140 g/mol. The molecule has 0 aliphatic rings. The van der Waals surface area contributed by atoms with E-state index in [1.165, 1.54) is 6.33 Å². The number of hydrogen-bond donors (Lipinski definition) is 1. The molecule has 1 heterocycles. The van der Waals surface area contributed by atoms with Crippen LogP contribution in [0.2, 0.25) is 0 Å². The zero-order chi connectivity index (χ0) is 7.56. The van der Waals surface area contributed by atoms with Crippen LogP contribution >= 0.6 is 0 Å². The van der Waals surface area contributed by atoms with Crippen molar-refractivity contribution in [2.24, 2.45) is 0 Å². The Bertz CT molecular complexity index is 241. The summed E-state index contributed by atoms with van der Waals surface area (Å²) in [7, 11) is 0. The van der Waals surface area contributed by atoms with Crippen molar-refractivity contribution in [1.82, 2.24) is 9.97 Å². The SMILES string of the molecule is CC[N+](=O)c1nc[nH]c1C. The summed E-state index contributed by atoms with van der Waals surface area (Å²) in [5.41, 5.74) is 0.817. The van der Waals surface area contributed by atoms with E-state index in [1.54, 1.807) is 6.92 Å². The summed E-state index contributed by atoms with van der Waals surface area (Å²) in [6.45, 7) is 4.05. The molecule has 0 spiro atoms. The van der Waals surface area contributed by atoms with Crippen molar-refractivity contribution >= 4 is 5.82 Å². The van der Waals surface area contributed by atoms with E-state index in [9.17, 15) is 4.91 Å². The molecule has 0 aliphatic carbocycles. The summed E-state index contributed by atoms with van der Waals surface area (Å²) in [5.74, 6) is 0.488. The van der Waals surface area contributed by atoms with Crippen molar-refractivity contribution in [2.45, 2.75) is 13.8 Å². The van der Waals surface area contributed by atoms with Crippen molar-refractivity contribution in [1.29, 1.82) is 0 Å². The molecular weight excluding hydrogens is 130 g/mol. The van der Waals surface area contributed by atoms with Gasteiger partial charge in [0.05, 0.1) is 0 Å². The molecule has 0 radical (unpaired) electrons. The highest BCUT2D eigenvalue weighted by Crippen LogP contribution is 2.09. The Balaban J connectivity index is 2.93. The van der Waals surface area contributed by atoms with Crippen molar-refractivity contribution in [3.05, 3.63) is 16.9 Å². The fraction of sp³-hybridized carbons (Fsp3) is 0.500. The maximum Gasteiger partial charge on any atom is 0.381 e. The van der Waals surface area contributed by atoms with E-state index < -0.39 is 0 Å². The van der Waals surface area contributed by atoms with Gasteiger partial charge in [0.25, 0.3) is 0 Å². The lowest BCUT2D eigenvalue weighted by Crippen LogP contribution is -2.00. The molecule has 0 unspecified atom stereocenters. The standard InChI is InChI=1S/C6H10N3O/c1-3-9(10)6-5(2)7-4-8-6/h4H,3H2,1-2H3,(H,7,8)/q+1. The minimum Gasteiger partial charge on any atom is -0.322 e. The number of nitroso groups, excluding NO2 is 1. The number of imidazole rings is 1. The lowest BCUT2D eigenvalue weighted by Gasteiger charge is -1.85. The molecule has 4 nitrogen and oxygen atoms in total.